The van der Waals surface area contributed by atoms with Crippen molar-refractivity contribution in [1.82, 2.24) is 14.1 Å². The fourth-order valence-corrected chi connectivity index (χ4v) is 3.75. The van der Waals surface area contributed by atoms with E-state index < -0.39 is 22.8 Å². The molecule has 0 radical (unpaired) electrons. The molecule has 0 spiro atoms. The fraction of sp³-hybridized carbons (Fsp3) is 0.333. The van der Waals surface area contributed by atoms with Gasteiger partial charge in [-0.05, 0) is 56.7 Å². The topological polar surface area (TPSA) is 104 Å². The first-order valence-corrected chi connectivity index (χ1v) is 11.5. The van der Waals surface area contributed by atoms with Gasteiger partial charge in [-0.15, -0.1) is 0 Å². The number of aromatic nitrogens is 3. The predicted molar refractivity (Wildman–Crippen MR) is 135 cm³/mol. The highest BCUT2D eigenvalue weighted by molar-refractivity contribution is 6.32. The van der Waals surface area contributed by atoms with Crippen LogP contribution in [0.25, 0.3) is 0 Å². The van der Waals surface area contributed by atoms with Crippen LogP contribution in [0.1, 0.15) is 26.3 Å². The molecule has 1 heterocycles. The van der Waals surface area contributed by atoms with Crippen LogP contribution in [0.5, 0.6) is 5.75 Å². The van der Waals surface area contributed by atoms with Crippen molar-refractivity contribution >= 4 is 40.8 Å². The summed E-state index contributed by atoms with van der Waals surface area (Å²) in [5.74, 6) is -0.0340. The van der Waals surface area contributed by atoms with Crippen molar-refractivity contribution in [3.63, 3.8) is 0 Å². The number of anilines is 2. The van der Waals surface area contributed by atoms with E-state index in [2.05, 4.69) is 10.3 Å². The maximum atomic E-state index is 13.5. The monoisotopic (exact) mass is 520 g/mol. The van der Waals surface area contributed by atoms with Gasteiger partial charge in [-0.2, -0.15) is 4.98 Å². The van der Waals surface area contributed by atoms with Gasteiger partial charge in [0, 0.05) is 17.3 Å². The van der Waals surface area contributed by atoms with Crippen LogP contribution in [0.2, 0.25) is 10.0 Å². The summed E-state index contributed by atoms with van der Waals surface area (Å²) in [5.41, 5.74) is -1.32. The van der Waals surface area contributed by atoms with E-state index in [-0.39, 0.29) is 19.0 Å². The number of rotatable bonds is 9. The van der Waals surface area contributed by atoms with Gasteiger partial charge >= 0.3 is 17.3 Å². The van der Waals surface area contributed by atoms with Crippen LogP contribution < -0.4 is 21.4 Å². The second-order valence-electron chi connectivity index (χ2n) is 8.38. The molecule has 1 N–H and O–H groups in total. The van der Waals surface area contributed by atoms with Crippen LogP contribution >= 0.6 is 23.2 Å². The molecule has 9 nitrogen and oxygen atoms in total. The molecular weight excluding hydrogens is 495 g/mol. The van der Waals surface area contributed by atoms with E-state index in [4.69, 9.17) is 32.7 Å². The summed E-state index contributed by atoms with van der Waals surface area (Å²) in [6, 6.07) is 11.9. The van der Waals surface area contributed by atoms with E-state index in [1.807, 2.05) is 6.92 Å². The van der Waals surface area contributed by atoms with E-state index in [9.17, 15) is 14.4 Å². The molecule has 11 heteroatoms. The number of hydrogen-bond acceptors (Lipinski definition) is 7. The second kappa shape index (κ2) is 11.0. The molecule has 0 amide bonds. The average Bonchev–Trinajstić information content (AvgIpc) is 2.81. The molecule has 0 saturated carbocycles. The number of nitrogens with zero attached hydrogens (tertiary/aromatic N) is 3. The molecule has 0 atom stereocenters. The van der Waals surface area contributed by atoms with Crippen molar-refractivity contribution in [1.29, 1.82) is 0 Å². The lowest BCUT2D eigenvalue weighted by Gasteiger charge is -2.23. The molecule has 0 aliphatic heterocycles. The Bertz CT molecular complexity index is 1330. The number of carbonyl (C=O) groups excluding carboxylic acids is 1. The number of hydrogen-bond donors (Lipinski definition) is 1. The minimum atomic E-state index is -1.13. The van der Waals surface area contributed by atoms with Gasteiger partial charge in [0.2, 0.25) is 5.95 Å². The standard InChI is InChI=1S/C24H26Cl2N4O5/c1-5-35-19-11-10-17(12-18(19)26)27-21-28-22(32)30(14-24(2,3)20(31)34-4)23(33)29(21)13-15-6-8-16(25)9-7-15/h6-12H,5,13-14H2,1-4H3,(H,27,28,32). The molecular formula is C24H26Cl2N4O5. The van der Waals surface area contributed by atoms with Crippen LogP contribution in [0, 0.1) is 5.41 Å². The van der Waals surface area contributed by atoms with E-state index in [1.54, 1.807) is 56.3 Å². The van der Waals surface area contributed by atoms with Crippen LogP contribution in [0.3, 0.4) is 0 Å². The van der Waals surface area contributed by atoms with Gasteiger partial charge in [-0.1, -0.05) is 35.3 Å². The number of ether oxygens (including phenoxy) is 2. The molecule has 0 saturated heterocycles. The lowest BCUT2D eigenvalue weighted by Crippen LogP contribution is -2.46. The molecule has 0 unspecified atom stereocenters. The van der Waals surface area contributed by atoms with E-state index in [0.717, 1.165) is 10.1 Å². The van der Waals surface area contributed by atoms with Gasteiger partial charge in [0.05, 0.1) is 30.7 Å². The van der Waals surface area contributed by atoms with Crippen LogP contribution in [0.15, 0.2) is 52.1 Å². The quantitative estimate of drug-likeness (QED) is 0.423. The van der Waals surface area contributed by atoms with Gasteiger partial charge in [-0.3, -0.25) is 9.36 Å². The summed E-state index contributed by atoms with van der Waals surface area (Å²) < 4.78 is 12.5. The third kappa shape index (κ3) is 6.23. The van der Waals surface area contributed by atoms with Gasteiger partial charge in [-0.25, -0.2) is 14.2 Å². The predicted octanol–water partition coefficient (Wildman–Crippen LogP) is 4.10. The highest BCUT2D eigenvalue weighted by Gasteiger charge is 2.31. The third-order valence-corrected chi connectivity index (χ3v) is 5.73. The van der Waals surface area contributed by atoms with Crippen molar-refractivity contribution in [3.05, 3.63) is 79.0 Å². The molecule has 3 rings (SSSR count). The third-order valence-electron chi connectivity index (χ3n) is 5.18. The van der Waals surface area contributed by atoms with Crippen LogP contribution in [0.4, 0.5) is 11.6 Å². The number of halogens is 2. The Morgan fingerprint density at radius 3 is 2.37 bits per heavy atom. The zero-order chi connectivity index (χ0) is 25.8. The number of nitrogens with one attached hydrogen (secondary N) is 1. The number of methoxy groups -OCH3 is 1. The van der Waals surface area contributed by atoms with Crippen molar-refractivity contribution < 1.29 is 14.3 Å². The maximum absolute atomic E-state index is 13.5. The van der Waals surface area contributed by atoms with E-state index in [0.29, 0.717) is 28.1 Å². The minimum Gasteiger partial charge on any atom is -0.492 e. The lowest BCUT2D eigenvalue weighted by molar-refractivity contribution is -0.151. The molecule has 1 aromatic heterocycles. The smallest absolute Gasteiger partial charge is 0.354 e. The zero-order valence-electron chi connectivity index (χ0n) is 19.8. The van der Waals surface area contributed by atoms with Crippen LogP contribution in [-0.4, -0.2) is 33.8 Å². The van der Waals surface area contributed by atoms with Crippen molar-refractivity contribution in [2.45, 2.75) is 33.9 Å². The first-order valence-electron chi connectivity index (χ1n) is 10.8. The summed E-state index contributed by atoms with van der Waals surface area (Å²) in [6.07, 6.45) is 0. The second-order valence-corrected chi connectivity index (χ2v) is 9.22. The summed E-state index contributed by atoms with van der Waals surface area (Å²) in [5, 5.41) is 3.91. The molecule has 186 valence electrons. The Kier molecular flexibility index (Phi) is 8.24. The number of carbonyl (C=O) groups is 1. The van der Waals surface area contributed by atoms with E-state index >= 15 is 0 Å². The van der Waals surface area contributed by atoms with E-state index in [1.165, 1.54) is 11.7 Å². The van der Waals surface area contributed by atoms with Gasteiger partial charge in [0.25, 0.3) is 0 Å². The van der Waals surface area contributed by atoms with Crippen molar-refractivity contribution in [3.8, 4) is 5.75 Å². The van der Waals surface area contributed by atoms with Crippen molar-refractivity contribution in [2.75, 3.05) is 19.0 Å². The Morgan fingerprint density at radius 1 is 1.09 bits per heavy atom. The summed E-state index contributed by atoms with van der Waals surface area (Å²) >= 11 is 12.3. The van der Waals surface area contributed by atoms with Gasteiger partial charge in [0.15, 0.2) is 0 Å². The Balaban J connectivity index is 2.09. The van der Waals surface area contributed by atoms with Gasteiger partial charge in [0.1, 0.15) is 5.75 Å². The van der Waals surface area contributed by atoms with Crippen LogP contribution in [-0.2, 0) is 22.6 Å². The highest BCUT2D eigenvalue weighted by atomic mass is 35.5. The highest BCUT2D eigenvalue weighted by Crippen LogP contribution is 2.29. The molecule has 0 aliphatic carbocycles. The normalized spacial score (nSPS) is 11.3. The molecule has 35 heavy (non-hydrogen) atoms. The van der Waals surface area contributed by atoms with Gasteiger partial charge < -0.3 is 14.8 Å². The fourth-order valence-electron chi connectivity index (χ4n) is 3.39. The lowest BCUT2D eigenvalue weighted by atomic mass is 9.94. The summed E-state index contributed by atoms with van der Waals surface area (Å²) in [4.78, 5) is 42.6. The summed E-state index contributed by atoms with van der Waals surface area (Å²) in [7, 11) is 1.25. The molecule has 0 bridgehead atoms. The maximum Gasteiger partial charge on any atom is 0.354 e. The SMILES string of the molecule is CCOc1ccc(Nc2nc(=O)n(CC(C)(C)C(=O)OC)c(=O)n2Cc2ccc(Cl)cc2)cc1Cl. The van der Waals surface area contributed by atoms with Crippen molar-refractivity contribution in [2.24, 2.45) is 5.41 Å². The summed E-state index contributed by atoms with van der Waals surface area (Å²) in [6.45, 7) is 5.35. The minimum absolute atomic E-state index is 0.0160. The first-order chi connectivity index (χ1) is 16.6. The zero-order valence-corrected chi connectivity index (χ0v) is 21.3. The molecule has 2 aromatic carbocycles. The molecule has 0 fully saturated rings. The molecule has 3 aromatic rings. The Hall–Kier alpha value is -3.30. The number of esters is 1. The average molecular weight is 521 g/mol. The first kappa shape index (κ1) is 26.3. The number of benzene rings is 2. The molecule has 0 aliphatic rings. The Morgan fingerprint density at radius 2 is 1.77 bits per heavy atom. The largest absolute Gasteiger partial charge is 0.492 e. The Labute approximate surface area is 212 Å².